The van der Waals surface area contributed by atoms with E-state index < -0.39 is 11.6 Å². The topological polar surface area (TPSA) is 68.3 Å². The van der Waals surface area contributed by atoms with Crippen molar-refractivity contribution >= 4 is 5.91 Å². The number of amides is 1. The van der Waals surface area contributed by atoms with Crippen LogP contribution in [0.15, 0.2) is 51.6 Å². The van der Waals surface area contributed by atoms with Gasteiger partial charge in [-0.1, -0.05) is 0 Å². The van der Waals surface area contributed by atoms with Gasteiger partial charge in [-0.25, -0.2) is 13.8 Å². The standard InChI is InChI=1S/C18H16F2N2O3/c1-11(15-3-2-8-24-15)22-17(23)6-7-18-21-10-16(25-18)13-5-4-12(19)9-14(13)20/h2-5,8-11H,6-7H2,1H3,(H,22,23). The van der Waals surface area contributed by atoms with Gasteiger partial charge in [0.25, 0.3) is 0 Å². The Morgan fingerprint density at radius 3 is 2.88 bits per heavy atom. The molecule has 0 aliphatic rings. The lowest BCUT2D eigenvalue weighted by Crippen LogP contribution is -2.26. The summed E-state index contributed by atoms with van der Waals surface area (Å²) in [6.07, 6.45) is 3.33. The number of oxazole rings is 1. The predicted octanol–water partition coefficient (Wildman–Crippen LogP) is 4.02. The molecule has 1 atom stereocenters. The number of rotatable bonds is 6. The molecule has 2 heterocycles. The molecule has 0 fully saturated rings. The minimum Gasteiger partial charge on any atom is -0.467 e. The van der Waals surface area contributed by atoms with Gasteiger partial charge in [0.1, 0.15) is 17.4 Å². The summed E-state index contributed by atoms with van der Waals surface area (Å²) in [6, 6.07) is 6.50. The highest BCUT2D eigenvalue weighted by atomic mass is 19.1. The molecule has 0 spiro atoms. The summed E-state index contributed by atoms with van der Waals surface area (Å²) in [7, 11) is 0. The van der Waals surface area contributed by atoms with Crippen molar-refractivity contribution in [3.05, 3.63) is 66.1 Å². The van der Waals surface area contributed by atoms with Gasteiger partial charge < -0.3 is 14.2 Å². The van der Waals surface area contributed by atoms with Crippen LogP contribution < -0.4 is 5.32 Å². The molecule has 3 rings (SSSR count). The Balaban J connectivity index is 1.57. The van der Waals surface area contributed by atoms with Crippen LogP contribution in [0.3, 0.4) is 0 Å². The number of aromatic nitrogens is 1. The van der Waals surface area contributed by atoms with Crippen LogP contribution in [-0.4, -0.2) is 10.9 Å². The van der Waals surface area contributed by atoms with Crippen LogP contribution in [0.2, 0.25) is 0 Å². The van der Waals surface area contributed by atoms with E-state index in [-0.39, 0.29) is 36.1 Å². The van der Waals surface area contributed by atoms with Gasteiger partial charge in [0.2, 0.25) is 5.91 Å². The third-order valence-corrected chi connectivity index (χ3v) is 3.66. The van der Waals surface area contributed by atoms with Crippen LogP contribution in [0.1, 0.15) is 31.0 Å². The molecule has 1 N–H and O–H groups in total. The van der Waals surface area contributed by atoms with Crippen molar-refractivity contribution in [2.75, 3.05) is 0 Å². The van der Waals surface area contributed by atoms with Crippen molar-refractivity contribution in [1.29, 1.82) is 0 Å². The number of nitrogens with one attached hydrogen (secondary N) is 1. The molecule has 3 aromatic rings. The number of halogens is 2. The first-order valence-electron chi connectivity index (χ1n) is 7.76. The number of hydrogen-bond donors (Lipinski definition) is 1. The van der Waals surface area contributed by atoms with Crippen molar-refractivity contribution in [3.8, 4) is 11.3 Å². The first-order chi connectivity index (χ1) is 12.0. The van der Waals surface area contributed by atoms with Gasteiger partial charge in [-0.2, -0.15) is 0 Å². The smallest absolute Gasteiger partial charge is 0.221 e. The number of carbonyl (C=O) groups is 1. The normalized spacial score (nSPS) is 12.1. The minimum absolute atomic E-state index is 0.121. The maximum absolute atomic E-state index is 13.7. The van der Waals surface area contributed by atoms with Gasteiger partial charge in [0.15, 0.2) is 11.7 Å². The van der Waals surface area contributed by atoms with E-state index in [1.54, 1.807) is 18.4 Å². The monoisotopic (exact) mass is 346 g/mol. The van der Waals surface area contributed by atoms with Crippen LogP contribution in [0, 0.1) is 11.6 Å². The van der Waals surface area contributed by atoms with Crippen LogP contribution in [0.4, 0.5) is 8.78 Å². The lowest BCUT2D eigenvalue weighted by molar-refractivity contribution is -0.121. The molecule has 7 heteroatoms. The molecule has 0 saturated carbocycles. The quantitative estimate of drug-likeness (QED) is 0.732. The third-order valence-electron chi connectivity index (χ3n) is 3.66. The van der Waals surface area contributed by atoms with Crippen molar-refractivity contribution in [3.63, 3.8) is 0 Å². The molecule has 0 saturated heterocycles. The van der Waals surface area contributed by atoms with E-state index in [0.717, 1.165) is 12.1 Å². The van der Waals surface area contributed by atoms with Gasteiger partial charge in [-0.15, -0.1) is 0 Å². The summed E-state index contributed by atoms with van der Waals surface area (Å²) >= 11 is 0. The summed E-state index contributed by atoms with van der Waals surface area (Å²) in [5.74, 6) is -0.414. The molecular formula is C18H16F2N2O3. The van der Waals surface area contributed by atoms with E-state index in [1.807, 2.05) is 6.92 Å². The average Bonchev–Trinajstić information content (AvgIpc) is 3.25. The van der Waals surface area contributed by atoms with Crippen molar-refractivity contribution in [1.82, 2.24) is 10.3 Å². The molecule has 2 aromatic heterocycles. The fraction of sp³-hybridized carbons (Fsp3) is 0.222. The highest BCUT2D eigenvalue weighted by Crippen LogP contribution is 2.24. The lowest BCUT2D eigenvalue weighted by Gasteiger charge is -2.10. The maximum Gasteiger partial charge on any atom is 0.221 e. The van der Waals surface area contributed by atoms with Crippen molar-refractivity contribution < 1.29 is 22.4 Å². The average molecular weight is 346 g/mol. The summed E-state index contributed by atoms with van der Waals surface area (Å²) in [5.41, 5.74) is 0.121. The van der Waals surface area contributed by atoms with Gasteiger partial charge in [0.05, 0.1) is 24.1 Å². The summed E-state index contributed by atoms with van der Waals surface area (Å²) < 4.78 is 37.4. The predicted molar refractivity (Wildman–Crippen MR) is 85.4 cm³/mol. The van der Waals surface area contributed by atoms with Crippen LogP contribution in [0.25, 0.3) is 11.3 Å². The summed E-state index contributed by atoms with van der Waals surface area (Å²) in [4.78, 5) is 16.0. The summed E-state index contributed by atoms with van der Waals surface area (Å²) in [6.45, 7) is 1.82. The third kappa shape index (κ3) is 4.12. The Bertz CT molecular complexity index is 859. The molecule has 0 radical (unpaired) electrons. The van der Waals surface area contributed by atoms with E-state index >= 15 is 0 Å². The zero-order chi connectivity index (χ0) is 17.8. The fourth-order valence-corrected chi connectivity index (χ4v) is 2.38. The molecule has 0 aliphatic carbocycles. The van der Waals surface area contributed by atoms with Crippen LogP contribution in [-0.2, 0) is 11.2 Å². The zero-order valence-corrected chi connectivity index (χ0v) is 13.5. The Kier molecular flexibility index (Phi) is 4.92. The number of aryl methyl sites for hydroxylation is 1. The number of carbonyl (C=O) groups excluding carboxylic acids is 1. The lowest BCUT2D eigenvalue weighted by atomic mass is 10.2. The Hall–Kier alpha value is -2.96. The number of benzene rings is 1. The van der Waals surface area contributed by atoms with Crippen molar-refractivity contribution in [2.45, 2.75) is 25.8 Å². The molecule has 1 amide bonds. The molecule has 0 bridgehead atoms. The second-order valence-corrected chi connectivity index (χ2v) is 5.55. The minimum atomic E-state index is -0.729. The first-order valence-corrected chi connectivity index (χ1v) is 7.76. The van der Waals surface area contributed by atoms with Crippen LogP contribution >= 0.6 is 0 Å². The highest BCUT2D eigenvalue weighted by Gasteiger charge is 2.15. The van der Waals surface area contributed by atoms with Crippen LogP contribution in [0.5, 0.6) is 0 Å². The highest BCUT2D eigenvalue weighted by molar-refractivity contribution is 5.76. The van der Waals surface area contributed by atoms with E-state index in [1.165, 1.54) is 12.3 Å². The molecule has 5 nitrogen and oxygen atoms in total. The van der Waals surface area contributed by atoms with Gasteiger partial charge >= 0.3 is 0 Å². The van der Waals surface area contributed by atoms with Gasteiger partial charge in [-0.3, -0.25) is 4.79 Å². The zero-order valence-electron chi connectivity index (χ0n) is 13.5. The van der Waals surface area contributed by atoms with E-state index in [9.17, 15) is 13.6 Å². The molecule has 25 heavy (non-hydrogen) atoms. The number of furan rings is 1. The first kappa shape index (κ1) is 16.9. The molecule has 0 aliphatic heterocycles. The second-order valence-electron chi connectivity index (χ2n) is 5.55. The Labute approximate surface area is 142 Å². The van der Waals surface area contributed by atoms with Gasteiger partial charge in [0, 0.05) is 18.9 Å². The Morgan fingerprint density at radius 1 is 1.32 bits per heavy atom. The van der Waals surface area contributed by atoms with E-state index in [2.05, 4.69) is 10.3 Å². The Morgan fingerprint density at radius 2 is 2.16 bits per heavy atom. The number of hydrogen-bond acceptors (Lipinski definition) is 4. The van der Waals surface area contributed by atoms with E-state index in [0.29, 0.717) is 11.7 Å². The molecule has 130 valence electrons. The summed E-state index contributed by atoms with van der Waals surface area (Å²) in [5, 5.41) is 2.80. The maximum atomic E-state index is 13.7. The van der Waals surface area contributed by atoms with Crippen molar-refractivity contribution in [2.24, 2.45) is 0 Å². The second kappa shape index (κ2) is 7.29. The molecule has 1 aromatic carbocycles. The SMILES string of the molecule is CC(NC(=O)CCc1ncc(-c2ccc(F)cc2F)o1)c1ccco1. The largest absolute Gasteiger partial charge is 0.467 e. The fourth-order valence-electron chi connectivity index (χ4n) is 2.38. The molecular weight excluding hydrogens is 330 g/mol. The number of nitrogens with zero attached hydrogens (tertiary/aromatic N) is 1. The van der Waals surface area contributed by atoms with Gasteiger partial charge in [-0.05, 0) is 31.2 Å². The molecule has 1 unspecified atom stereocenters. The van der Waals surface area contributed by atoms with E-state index in [4.69, 9.17) is 8.83 Å².